The lowest BCUT2D eigenvalue weighted by molar-refractivity contribution is 0.585. The molecular formula is C11H11ClN4. The highest BCUT2D eigenvalue weighted by molar-refractivity contribution is 6.31. The summed E-state index contributed by atoms with van der Waals surface area (Å²) < 4.78 is 1.89. The van der Waals surface area contributed by atoms with Crippen LogP contribution in [-0.4, -0.2) is 16.1 Å². The first-order valence-corrected chi connectivity index (χ1v) is 5.62. The van der Waals surface area contributed by atoms with Gasteiger partial charge in [0.25, 0.3) is 0 Å². The van der Waals surface area contributed by atoms with E-state index in [1.807, 2.05) is 16.7 Å². The van der Waals surface area contributed by atoms with Crippen molar-refractivity contribution in [3.05, 3.63) is 28.8 Å². The number of hydrogen-bond acceptors (Lipinski definition) is 3. The van der Waals surface area contributed by atoms with Crippen molar-refractivity contribution in [3.63, 3.8) is 0 Å². The van der Waals surface area contributed by atoms with Crippen LogP contribution in [0.3, 0.4) is 0 Å². The fourth-order valence-corrected chi connectivity index (χ4v) is 2.25. The molecular weight excluding hydrogens is 224 g/mol. The maximum Gasteiger partial charge on any atom is 0.224 e. The maximum absolute atomic E-state index is 7.86. The van der Waals surface area contributed by atoms with E-state index in [4.69, 9.17) is 17.0 Å². The Kier molecular flexibility index (Phi) is 2.11. The van der Waals surface area contributed by atoms with Crippen LogP contribution < -0.4 is 10.9 Å². The van der Waals surface area contributed by atoms with Gasteiger partial charge in [-0.3, -0.25) is 9.98 Å². The number of fused-ring (bicyclic) bond motifs is 3. The molecule has 2 heterocycles. The van der Waals surface area contributed by atoms with Gasteiger partial charge in [0, 0.05) is 23.5 Å². The van der Waals surface area contributed by atoms with E-state index in [2.05, 4.69) is 10.3 Å². The third-order valence-electron chi connectivity index (χ3n) is 2.82. The van der Waals surface area contributed by atoms with Gasteiger partial charge in [-0.25, -0.2) is 4.98 Å². The van der Waals surface area contributed by atoms with E-state index in [9.17, 15) is 0 Å². The van der Waals surface area contributed by atoms with Crippen molar-refractivity contribution in [1.29, 1.82) is 5.41 Å². The number of rotatable bonds is 0. The molecule has 16 heavy (non-hydrogen) atoms. The molecule has 2 aromatic rings. The third-order valence-corrected chi connectivity index (χ3v) is 3.05. The summed E-state index contributed by atoms with van der Waals surface area (Å²) in [4.78, 5) is 4.26. The molecule has 5 heteroatoms. The first-order valence-electron chi connectivity index (χ1n) is 5.24. The van der Waals surface area contributed by atoms with Gasteiger partial charge in [0.2, 0.25) is 5.62 Å². The van der Waals surface area contributed by atoms with Crippen LogP contribution in [0.4, 0.5) is 5.82 Å². The molecule has 0 aliphatic carbocycles. The van der Waals surface area contributed by atoms with Crippen molar-refractivity contribution in [3.8, 4) is 0 Å². The van der Waals surface area contributed by atoms with Gasteiger partial charge < -0.3 is 5.32 Å². The van der Waals surface area contributed by atoms with Crippen LogP contribution in [0.25, 0.3) is 10.9 Å². The van der Waals surface area contributed by atoms with Crippen LogP contribution in [0.1, 0.15) is 6.42 Å². The summed E-state index contributed by atoms with van der Waals surface area (Å²) in [5.41, 5.74) is 1.12. The summed E-state index contributed by atoms with van der Waals surface area (Å²) >= 11 is 5.99. The van der Waals surface area contributed by atoms with Crippen molar-refractivity contribution in [2.24, 2.45) is 0 Å². The zero-order valence-corrected chi connectivity index (χ0v) is 9.38. The number of nitrogens with one attached hydrogen (secondary N) is 2. The van der Waals surface area contributed by atoms with E-state index < -0.39 is 0 Å². The van der Waals surface area contributed by atoms with Crippen molar-refractivity contribution in [2.45, 2.75) is 13.0 Å². The van der Waals surface area contributed by atoms with Crippen LogP contribution in [0.2, 0.25) is 5.02 Å². The second kappa shape index (κ2) is 3.49. The van der Waals surface area contributed by atoms with Crippen LogP contribution in [0, 0.1) is 5.41 Å². The van der Waals surface area contributed by atoms with Crippen molar-refractivity contribution >= 4 is 28.3 Å². The molecule has 1 aromatic carbocycles. The molecule has 82 valence electrons. The van der Waals surface area contributed by atoms with Gasteiger partial charge in [0.05, 0.1) is 5.52 Å². The van der Waals surface area contributed by atoms with E-state index in [-0.39, 0.29) is 0 Å². The number of hydrogen-bond donors (Lipinski definition) is 2. The zero-order chi connectivity index (χ0) is 11.1. The Morgan fingerprint density at radius 1 is 1.44 bits per heavy atom. The van der Waals surface area contributed by atoms with Crippen LogP contribution in [-0.2, 0) is 6.54 Å². The molecule has 0 saturated carbocycles. The molecule has 0 radical (unpaired) electrons. The number of aromatic nitrogens is 2. The lowest BCUT2D eigenvalue weighted by Crippen LogP contribution is -2.30. The topological polar surface area (TPSA) is 53.7 Å². The highest BCUT2D eigenvalue weighted by Gasteiger charge is 2.13. The quantitative estimate of drug-likeness (QED) is 0.733. The molecule has 0 bridgehead atoms. The molecule has 0 fully saturated rings. The number of nitrogens with zero attached hydrogens (tertiary/aromatic N) is 2. The van der Waals surface area contributed by atoms with Crippen molar-refractivity contribution in [1.82, 2.24) is 9.55 Å². The van der Waals surface area contributed by atoms with Gasteiger partial charge in [-0.2, -0.15) is 0 Å². The summed E-state index contributed by atoms with van der Waals surface area (Å²) in [6.45, 7) is 1.78. The average molecular weight is 235 g/mol. The summed E-state index contributed by atoms with van der Waals surface area (Å²) in [5, 5.41) is 12.9. The minimum absolute atomic E-state index is 0.303. The molecule has 0 unspecified atom stereocenters. The van der Waals surface area contributed by atoms with Crippen molar-refractivity contribution in [2.75, 3.05) is 11.9 Å². The fourth-order valence-electron chi connectivity index (χ4n) is 2.07. The monoisotopic (exact) mass is 234 g/mol. The summed E-state index contributed by atoms with van der Waals surface area (Å²) in [6.07, 6.45) is 1.03. The molecule has 0 atom stereocenters. The molecule has 4 nitrogen and oxygen atoms in total. The third kappa shape index (κ3) is 1.38. The van der Waals surface area contributed by atoms with E-state index in [0.29, 0.717) is 10.6 Å². The number of anilines is 1. The Labute approximate surface area is 97.4 Å². The van der Waals surface area contributed by atoms with Gasteiger partial charge >= 0.3 is 0 Å². The fraction of sp³-hybridized carbons (Fsp3) is 0.273. The van der Waals surface area contributed by atoms with Gasteiger partial charge in [0.1, 0.15) is 5.82 Å². The average Bonchev–Trinajstić information content (AvgIpc) is 2.31. The van der Waals surface area contributed by atoms with E-state index in [1.165, 1.54) is 0 Å². The normalized spacial score (nSPS) is 14.6. The van der Waals surface area contributed by atoms with Gasteiger partial charge in [0.15, 0.2) is 0 Å². The van der Waals surface area contributed by atoms with Gasteiger partial charge in [-0.1, -0.05) is 11.6 Å². The highest BCUT2D eigenvalue weighted by atomic mass is 35.5. The molecule has 1 aliphatic heterocycles. The first-order chi connectivity index (χ1) is 7.75. The Morgan fingerprint density at radius 3 is 3.19 bits per heavy atom. The first kappa shape index (κ1) is 9.66. The molecule has 2 N–H and O–H groups in total. The smallest absolute Gasteiger partial charge is 0.224 e. The summed E-state index contributed by atoms with van der Waals surface area (Å²) in [6, 6.07) is 5.55. The second-order valence-corrected chi connectivity index (χ2v) is 4.31. The standard InChI is InChI=1S/C11H11ClN4/c12-7-2-3-9-8(6-7)10-14-4-1-5-16(10)11(13)15-9/h2-3,6,13-14H,1,4-5H2. The highest BCUT2D eigenvalue weighted by Crippen LogP contribution is 2.25. The molecule has 0 saturated heterocycles. The van der Waals surface area contributed by atoms with E-state index >= 15 is 0 Å². The Morgan fingerprint density at radius 2 is 2.31 bits per heavy atom. The predicted octanol–water partition coefficient (Wildman–Crippen LogP) is 1.98. The molecule has 1 aliphatic rings. The number of halogens is 1. The lowest BCUT2D eigenvalue weighted by Gasteiger charge is -2.21. The van der Waals surface area contributed by atoms with Gasteiger partial charge in [-0.05, 0) is 24.6 Å². The molecule has 0 amide bonds. The SMILES string of the molecule is N=c1nc2ccc(Cl)cc2c2n1CCCN2. The van der Waals surface area contributed by atoms with Crippen molar-refractivity contribution < 1.29 is 0 Å². The van der Waals surface area contributed by atoms with Crippen LogP contribution >= 0.6 is 11.6 Å². The Hall–Kier alpha value is -1.55. The minimum Gasteiger partial charge on any atom is -0.371 e. The lowest BCUT2D eigenvalue weighted by atomic mass is 10.2. The zero-order valence-electron chi connectivity index (χ0n) is 8.63. The summed E-state index contributed by atoms with van der Waals surface area (Å²) in [7, 11) is 0. The number of benzene rings is 1. The summed E-state index contributed by atoms with van der Waals surface area (Å²) in [5.74, 6) is 0.962. The Balaban J connectivity index is 2.43. The van der Waals surface area contributed by atoms with Gasteiger partial charge in [-0.15, -0.1) is 0 Å². The van der Waals surface area contributed by atoms with Crippen LogP contribution in [0.15, 0.2) is 18.2 Å². The predicted molar refractivity (Wildman–Crippen MR) is 63.7 cm³/mol. The molecule has 1 aromatic heterocycles. The second-order valence-electron chi connectivity index (χ2n) is 3.88. The molecule has 0 spiro atoms. The molecule has 3 rings (SSSR count). The van der Waals surface area contributed by atoms with E-state index in [1.54, 1.807) is 6.07 Å². The maximum atomic E-state index is 7.86. The van der Waals surface area contributed by atoms with E-state index in [0.717, 1.165) is 36.2 Å². The largest absolute Gasteiger partial charge is 0.371 e. The van der Waals surface area contributed by atoms with Crippen LogP contribution in [0.5, 0.6) is 0 Å². The minimum atomic E-state index is 0.303. The Bertz CT molecular complexity index is 617.